The number of benzene rings is 1. The van der Waals surface area contributed by atoms with Crippen LogP contribution in [0, 0.1) is 0 Å². The van der Waals surface area contributed by atoms with Crippen LogP contribution in [0.4, 0.5) is 0 Å². The molecule has 0 heterocycles. The van der Waals surface area contributed by atoms with Crippen molar-refractivity contribution in [3.05, 3.63) is 34.3 Å². The van der Waals surface area contributed by atoms with Gasteiger partial charge in [-0.1, -0.05) is 43.0 Å². The van der Waals surface area contributed by atoms with Gasteiger partial charge in [0.05, 0.1) is 5.92 Å². The number of hydrogen-bond acceptors (Lipinski definition) is 2. The highest BCUT2D eigenvalue weighted by Gasteiger charge is 2.22. The van der Waals surface area contributed by atoms with Gasteiger partial charge in [0.1, 0.15) is 6.29 Å². The first kappa shape index (κ1) is 15.0. The highest BCUT2D eigenvalue weighted by Crippen LogP contribution is 2.37. The van der Waals surface area contributed by atoms with E-state index in [0.29, 0.717) is 22.8 Å². The summed E-state index contributed by atoms with van der Waals surface area (Å²) < 4.78 is 0. The summed E-state index contributed by atoms with van der Waals surface area (Å²) in [7, 11) is 0. The minimum atomic E-state index is -0.987. The monoisotopic (exact) mass is 294 g/mol. The molecule has 0 spiro atoms. The van der Waals surface area contributed by atoms with Crippen molar-refractivity contribution >= 4 is 23.9 Å². The molecule has 4 heteroatoms. The Labute approximate surface area is 123 Å². The molecule has 1 aromatic carbocycles. The molecule has 1 aromatic rings. The molecular formula is C16H19ClO3. The molecule has 1 atom stereocenters. The van der Waals surface area contributed by atoms with Crippen molar-refractivity contribution in [1.82, 2.24) is 0 Å². The van der Waals surface area contributed by atoms with Gasteiger partial charge in [0.2, 0.25) is 0 Å². The molecular weight excluding hydrogens is 276 g/mol. The van der Waals surface area contributed by atoms with E-state index in [4.69, 9.17) is 16.7 Å². The molecule has 1 unspecified atom stereocenters. The summed E-state index contributed by atoms with van der Waals surface area (Å²) in [5.74, 6) is -1.30. The minimum Gasteiger partial charge on any atom is -0.481 e. The Kier molecular flexibility index (Phi) is 5.18. The van der Waals surface area contributed by atoms with E-state index >= 15 is 0 Å². The van der Waals surface area contributed by atoms with Crippen LogP contribution < -0.4 is 0 Å². The fourth-order valence-corrected chi connectivity index (χ4v) is 3.32. The molecule has 0 saturated heterocycles. The number of hydrogen-bond donors (Lipinski definition) is 1. The predicted molar refractivity (Wildman–Crippen MR) is 78.3 cm³/mol. The molecule has 0 aliphatic heterocycles. The van der Waals surface area contributed by atoms with Crippen LogP contribution in [0.3, 0.4) is 0 Å². The summed E-state index contributed by atoms with van der Waals surface area (Å²) in [4.78, 5) is 21.8. The second kappa shape index (κ2) is 6.89. The van der Waals surface area contributed by atoms with E-state index in [1.807, 2.05) is 6.07 Å². The predicted octanol–water partition coefficient (Wildman–Crippen LogP) is 4.14. The molecule has 1 aliphatic carbocycles. The maximum absolute atomic E-state index is 11.2. The number of carboxylic acid groups (broad SMARTS) is 1. The van der Waals surface area contributed by atoms with Gasteiger partial charge in [0, 0.05) is 11.4 Å². The largest absolute Gasteiger partial charge is 0.481 e. The van der Waals surface area contributed by atoms with Crippen LogP contribution in [0.25, 0.3) is 0 Å². The highest BCUT2D eigenvalue weighted by atomic mass is 35.5. The second-order valence-corrected chi connectivity index (χ2v) is 5.82. The van der Waals surface area contributed by atoms with Crippen LogP contribution >= 0.6 is 11.6 Å². The van der Waals surface area contributed by atoms with Gasteiger partial charge < -0.3 is 9.90 Å². The molecule has 0 aromatic heterocycles. The number of aldehydes is 1. The smallest absolute Gasteiger partial charge is 0.311 e. The van der Waals surface area contributed by atoms with Crippen molar-refractivity contribution in [3.8, 4) is 0 Å². The maximum atomic E-state index is 11.2. The van der Waals surface area contributed by atoms with E-state index in [9.17, 15) is 9.59 Å². The van der Waals surface area contributed by atoms with E-state index in [1.54, 1.807) is 12.1 Å². The summed E-state index contributed by atoms with van der Waals surface area (Å²) >= 11 is 6.33. The quantitative estimate of drug-likeness (QED) is 0.830. The van der Waals surface area contributed by atoms with Crippen LogP contribution in [0.1, 0.15) is 61.5 Å². The maximum Gasteiger partial charge on any atom is 0.311 e. The first-order chi connectivity index (χ1) is 9.63. The lowest BCUT2D eigenvalue weighted by Gasteiger charge is -2.23. The topological polar surface area (TPSA) is 54.4 Å². The summed E-state index contributed by atoms with van der Waals surface area (Å²) in [6.45, 7) is 0. The Balaban J connectivity index is 2.23. The molecule has 20 heavy (non-hydrogen) atoms. The molecule has 0 amide bonds. The van der Waals surface area contributed by atoms with Crippen molar-refractivity contribution in [2.24, 2.45) is 0 Å². The van der Waals surface area contributed by atoms with Gasteiger partial charge in [0.15, 0.2) is 0 Å². The molecule has 0 bridgehead atoms. The first-order valence-electron chi connectivity index (χ1n) is 7.09. The van der Waals surface area contributed by atoms with Crippen molar-refractivity contribution in [2.45, 2.75) is 50.4 Å². The SMILES string of the molecule is O=CCC(C(=O)O)c1ccc(C2CCCCC2)c(Cl)c1. The molecule has 1 N–H and O–H groups in total. The van der Waals surface area contributed by atoms with Gasteiger partial charge in [-0.3, -0.25) is 4.79 Å². The molecule has 0 radical (unpaired) electrons. The van der Waals surface area contributed by atoms with Crippen molar-refractivity contribution in [2.75, 3.05) is 0 Å². The van der Waals surface area contributed by atoms with E-state index < -0.39 is 11.9 Å². The Morgan fingerprint density at radius 3 is 2.60 bits per heavy atom. The molecule has 2 rings (SSSR count). The average molecular weight is 295 g/mol. The lowest BCUT2D eigenvalue weighted by molar-refractivity contribution is -0.139. The van der Waals surface area contributed by atoms with Gasteiger partial charge in [-0.05, 0) is 36.0 Å². The number of aliphatic carboxylic acids is 1. The van der Waals surface area contributed by atoms with Gasteiger partial charge in [-0.25, -0.2) is 0 Å². The second-order valence-electron chi connectivity index (χ2n) is 5.41. The lowest BCUT2D eigenvalue weighted by atomic mass is 9.83. The Morgan fingerprint density at radius 2 is 2.05 bits per heavy atom. The Bertz CT molecular complexity index is 492. The van der Waals surface area contributed by atoms with Gasteiger partial charge >= 0.3 is 5.97 Å². The molecule has 1 aliphatic rings. The van der Waals surface area contributed by atoms with Crippen LogP contribution in [0.5, 0.6) is 0 Å². The number of halogens is 1. The number of carboxylic acids is 1. The third kappa shape index (κ3) is 3.40. The van der Waals surface area contributed by atoms with Crippen molar-refractivity contribution < 1.29 is 14.7 Å². The fourth-order valence-electron chi connectivity index (χ4n) is 2.98. The minimum absolute atomic E-state index is 0.0194. The number of rotatable bonds is 5. The normalized spacial score (nSPS) is 17.6. The fraction of sp³-hybridized carbons (Fsp3) is 0.500. The van der Waals surface area contributed by atoms with Crippen molar-refractivity contribution in [3.63, 3.8) is 0 Å². The molecule has 1 fully saturated rings. The van der Waals surface area contributed by atoms with Gasteiger partial charge in [-0.2, -0.15) is 0 Å². The summed E-state index contributed by atoms with van der Waals surface area (Å²) in [6, 6.07) is 5.46. The highest BCUT2D eigenvalue weighted by molar-refractivity contribution is 6.31. The third-order valence-electron chi connectivity index (χ3n) is 4.10. The number of carbonyl (C=O) groups excluding carboxylic acids is 1. The zero-order valence-corrected chi connectivity index (χ0v) is 12.1. The summed E-state index contributed by atoms with van der Waals surface area (Å²) in [5.41, 5.74) is 1.72. The van der Waals surface area contributed by atoms with Gasteiger partial charge in [-0.15, -0.1) is 0 Å². The van der Waals surface area contributed by atoms with E-state index in [0.717, 1.165) is 18.4 Å². The zero-order valence-electron chi connectivity index (χ0n) is 11.3. The molecule has 108 valence electrons. The Hall–Kier alpha value is -1.35. The first-order valence-corrected chi connectivity index (χ1v) is 7.47. The zero-order chi connectivity index (χ0) is 14.5. The third-order valence-corrected chi connectivity index (χ3v) is 4.43. The van der Waals surface area contributed by atoms with Crippen LogP contribution in [-0.4, -0.2) is 17.4 Å². The summed E-state index contributed by atoms with van der Waals surface area (Å²) in [5, 5.41) is 9.80. The van der Waals surface area contributed by atoms with Crippen LogP contribution in [-0.2, 0) is 9.59 Å². The molecule has 1 saturated carbocycles. The number of carbonyl (C=O) groups is 2. The van der Waals surface area contributed by atoms with Crippen LogP contribution in [0.15, 0.2) is 18.2 Å². The van der Waals surface area contributed by atoms with E-state index in [2.05, 4.69) is 0 Å². The standard InChI is InChI=1S/C16H19ClO3/c17-15-10-12(14(8-9-18)16(19)20)6-7-13(15)11-4-2-1-3-5-11/h6-7,9-11,14H,1-5,8H2,(H,19,20). The lowest BCUT2D eigenvalue weighted by Crippen LogP contribution is -2.13. The molecule has 3 nitrogen and oxygen atoms in total. The van der Waals surface area contributed by atoms with Gasteiger partial charge in [0.25, 0.3) is 0 Å². The Morgan fingerprint density at radius 1 is 1.35 bits per heavy atom. The van der Waals surface area contributed by atoms with Crippen LogP contribution in [0.2, 0.25) is 5.02 Å². The van der Waals surface area contributed by atoms with E-state index in [-0.39, 0.29) is 6.42 Å². The van der Waals surface area contributed by atoms with Crippen molar-refractivity contribution in [1.29, 1.82) is 0 Å². The summed E-state index contributed by atoms with van der Waals surface area (Å²) in [6.07, 6.45) is 6.66. The van der Waals surface area contributed by atoms with E-state index in [1.165, 1.54) is 19.3 Å². The average Bonchev–Trinajstić information content (AvgIpc) is 2.45.